The standard InChI is InChI=1S/C8H11N5S/c1-3-6-5(4-13(2)11-6)7-10-8(9)12-14-7/h4H,3H2,1-2H3,(H2,9,12). The summed E-state index contributed by atoms with van der Waals surface area (Å²) in [5, 5.41) is 5.17. The van der Waals surface area contributed by atoms with E-state index in [9.17, 15) is 0 Å². The number of rotatable bonds is 2. The first-order valence-corrected chi connectivity index (χ1v) is 5.10. The van der Waals surface area contributed by atoms with Crippen molar-refractivity contribution in [3.8, 4) is 10.6 Å². The molecule has 0 radical (unpaired) electrons. The number of anilines is 1. The molecule has 0 aliphatic carbocycles. The van der Waals surface area contributed by atoms with E-state index < -0.39 is 0 Å². The van der Waals surface area contributed by atoms with Crippen LogP contribution in [0.15, 0.2) is 6.20 Å². The number of hydrogen-bond donors (Lipinski definition) is 1. The predicted octanol–water partition coefficient (Wildman–Crippen LogP) is 1.08. The summed E-state index contributed by atoms with van der Waals surface area (Å²) in [6.45, 7) is 2.07. The molecule has 0 spiro atoms. The molecule has 6 heteroatoms. The lowest BCUT2D eigenvalue weighted by Crippen LogP contribution is -1.89. The number of nitrogen functional groups attached to an aromatic ring is 1. The van der Waals surface area contributed by atoms with E-state index in [1.54, 1.807) is 4.68 Å². The number of nitrogens with zero attached hydrogens (tertiary/aromatic N) is 4. The monoisotopic (exact) mass is 209 g/mol. The average Bonchev–Trinajstić information content (AvgIpc) is 2.71. The van der Waals surface area contributed by atoms with Crippen LogP contribution < -0.4 is 5.73 Å². The SMILES string of the molecule is CCc1nn(C)cc1-c1nc(N)ns1. The summed E-state index contributed by atoms with van der Waals surface area (Å²) in [5.41, 5.74) is 7.54. The van der Waals surface area contributed by atoms with Gasteiger partial charge in [-0.25, -0.2) is 0 Å². The van der Waals surface area contributed by atoms with Gasteiger partial charge in [0.15, 0.2) is 0 Å². The number of aromatic nitrogens is 4. The Labute approximate surface area is 85.8 Å². The van der Waals surface area contributed by atoms with Crippen LogP contribution in [0.1, 0.15) is 12.6 Å². The lowest BCUT2D eigenvalue weighted by molar-refractivity contribution is 0.746. The summed E-state index contributed by atoms with van der Waals surface area (Å²) in [6, 6.07) is 0. The highest BCUT2D eigenvalue weighted by Gasteiger charge is 2.12. The largest absolute Gasteiger partial charge is 0.367 e. The first-order valence-electron chi connectivity index (χ1n) is 4.32. The molecule has 2 heterocycles. The number of hydrogen-bond acceptors (Lipinski definition) is 5. The molecule has 0 fully saturated rings. The summed E-state index contributed by atoms with van der Waals surface area (Å²) in [6.07, 6.45) is 2.83. The molecular weight excluding hydrogens is 198 g/mol. The summed E-state index contributed by atoms with van der Waals surface area (Å²) >= 11 is 1.31. The van der Waals surface area contributed by atoms with Crippen LogP contribution in [0.2, 0.25) is 0 Å². The molecule has 2 aromatic heterocycles. The Balaban J connectivity index is 2.49. The van der Waals surface area contributed by atoms with Gasteiger partial charge in [0, 0.05) is 13.2 Å². The lowest BCUT2D eigenvalue weighted by atomic mass is 10.2. The molecule has 0 aromatic carbocycles. The molecule has 2 aromatic rings. The van der Waals surface area contributed by atoms with Crippen LogP contribution in [-0.2, 0) is 13.5 Å². The van der Waals surface area contributed by atoms with Crippen LogP contribution in [-0.4, -0.2) is 19.1 Å². The fraction of sp³-hybridized carbons (Fsp3) is 0.375. The Kier molecular flexibility index (Phi) is 2.20. The Bertz CT molecular complexity index is 444. The first-order chi connectivity index (χ1) is 6.70. The van der Waals surface area contributed by atoms with Gasteiger partial charge in [-0.05, 0) is 18.0 Å². The van der Waals surface area contributed by atoms with Crippen molar-refractivity contribution >= 4 is 17.5 Å². The second-order valence-corrected chi connectivity index (χ2v) is 3.73. The highest BCUT2D eigenvalue weighted by Crippen LogP contribution is 2.25. The van der Waals surface area contributed by atoms with E-state index in [4.69, 9.17) is 5.73 Å². The highest BCUT2D eigenvalue weighted by molar-refractivity contribution is 7.09. The van der Waals surface area contributed by atoms with E-state index in [1.165, 1.54) is 11.5 Å². The van der Waals surface area contributed by atoms with E-state index in [0.717, 1.165) is 22.7 Å². The zero-order valence-electron chi connectivity index (χ0n) is 8.06. The Hall–Kier alpha value is -1.43. The molecular formula is C8H11N5S. The van der Waals surface area contributed by atoms with Crippen molar-refractivity contribution in [1.82, 2.24) is 19.1 Å². The van der Waals surface area contributed by atoms with Gasteiger partial charge in [-0.2, -0.15) is 14.5 Å². The molecule has 0 aliphatic heterocycles. The maximum Gasteiger partial charge on any atom is 0.232 e. The van der Waals surface area contributed by atoms with Crippen molar-refractivity contribution < 1.29 is 0 Å². The van der Waals surface area contributed by atoms with Gasteiger partial charge in [-0.1, -0.05) is 6.92 Å². The van der Waals surface area contributed by atoms with E-state index in [-0.39, 0.29) is 0 Å². The van der Waals surface area contributed by atoms with Crippen LogP contribution in [0.25, 0.3) is 10.6 Å². The Morgan fingerprint density at radius 1 is 1.57 bits per heavy atom. The van der Waals surface area contributed by atoms with Crippen LogP contribution in [0.4, 0.5) is 5.95 Å². The molecule has 0 bridgehead atoms. The Morgan fingerprint density at radius 2 is 2.36 bits per heavy atom. The van der Waals surface area contributed by atoms with Gasteiger partial charge in [0.05, 0.1) is 11.3 Å². The van der Waals surface area contributed by atoms with Gasteiger partial charge in [-0.3, -0.25) is 4.68 Å². The zero-order valence-corrected chi connectivity index (χ0v) is 8.88. The van der Waals surface area contributed by atoms with Gasteiger partial charge in [0.25, 0.3) is 0 Å². The molecule has 5 nitrogen and oxygen atoms in total. The van der Waals surface area contributed by atoms with Crippen molar-refractivity contribution in [1.29, 1.82) is 0 Å². The molecule has 2 N–H and O–H groups in total. The summed E-state index contributed by atoms with van der Waals surface area (Å²) in [4.78, 5) is 4.13. The third-order valence-corrected chi connectivity index (χ3v) is 2.67. The minimum atomic E-state index is 0.330. The minimum Gasteiger partial charge on any atom is -0.367 e. The molecule has 0 saturated carbocycles. The predicted molar refractivity (Wildman–Crippen MR) is 55.9 cm³/mol. The van der Waals surface area contributed by atoms with Gasteiger partial charge in [0.2, 0.25) is 5.95 Å². The summed E-state index contributed by atoms with van der Waals surface area (Å²) < 4.78 is 5.73. The second-order valence-electron chi connectivity index (χ2n) is 2.97. The lowest BCUT2D eigenvalue weighted by Gasteiger charge is -1.91. The van der Waals surface area contributed by atoms with Gasteiger partial charge in [-0.15, -0.1) is 0 Å². The highest BCUT2D eigenvalue weighted by atomic mass is 32.1. The fourth-order valence-corrected chi connectivity index (χ4v) is 1.94. The van der Waals surface area contributed by atoms with Crippen LogP contribution in [0.5, 0.6) is 0 Å². The third kappa shape index (κ3) is 1.48. The van der Waals surface area contributed by atoms with Crippen LogP contribution >= 0.6 is 11.5 Å². The maximum atomic E-state index is 5.48. The quantitative estimate of drug-likeness (QED) is 0.803. The molecule has 0 atom stereocenters. The molecule has 74 valence electrons. The second kappa shape index (κ2) is 3.38. The van der Waals surface area contributed by atoms with E-state index in [1.807, 2.05) is 13.2 Å². The topological polar surface area (TPSA) is 69.6 Å². The Morgan fingerprint density at radius 3 is 2.93 bits per heavy atom. The third-order valence-electron chi connectivity index (χ3n) is 1.91. The molecule has 0 aliphatic rings. The molecule has 2 rings (SSSR count). The molecule has 14 heavy (non-hydrogen) atoms. The van der Waals surface area contributed by atoms with Gasteiger partial charge in [0.1, 0.15) is 5.01 Å². The van der Waals surface area contributed by atoms with Crippen molar-refractivity contribution in [2.45, 2.75) is 13.3 Å². The van der Waals surface area contributed by atoms with Crippen molar-refractivity contribution in [3.63, 3.8) is 0 Å². The molecule has 0 amide bonds. The van der Waals surface area contributed by atoms with E-state index in [2.05, 4.69) is 21.4 Å². The van der Waals surface area contributed by atoms with Crippen LogP contribution in [0.3, 0.4) is 0 Å². The minimum absolute atomic E-state index is 0.330. The van der Waals surface area contributed by atoms with Crippen molar-refractivity contribution in [2.75, 3.05) is 5.73 Å². The molecule has 0 saturated heterocycles. The van der Waals surface area contributed by atoms with Gasteiger partial charge < -0.3 is 5.73 Å². The van der Waals surface area contributed by atoms with Crippen molar-refractivity contribution in [2.24, 2.45) is 7.05 Å². The summed E-state index contributed by atoms with van der Waals surface area (Å²) in [5.74, 6) is 0.330. The number of nitrogens with two attached hydrogens (primary N) is 1. The molecule has 0 unspecified atom stereocenters. The average molecular weight is 209 g/mol. The van der Waals surface area contributed by atoms with E-state index in [0.29, 0.717) is 5.95 Å². The smallest absolute Gasteiger partial charge is 0.232 e. The van der Waals surface area contributed by atoms with E-state index >= 15 is 0 Å². The van der Waals surface area contributed by atoms with Crippen molar-refractivity contribution in [3.05, 3.63) is 11.9 Å². The fourth-order valence-electron chi connectivity index (χ4n) is 1.32. The normalized spacial score (nSPS) is 10.7. The summed E-state index contributed by atoms with van der Waals surface area (Å²) in [7, 11) is 1.90. The van der Waals surface area contributed by atoms with Crippen LogP contribution in [0, 0.1) is 0 Å². The van der Waals surface area contributed by atoms with Gasteiger partial charge >= 0.3 is 0 Å². The zero-order chi connectivity index (χ0) is 10.1. The number of aryl methyl sites for hydroxylation is 2. The first kappa shape index (κ1) is 9.14. The maximum absolute atomic E-state index is 5.48.